The topological polar surface area (TPSA) is 102 Å². The summed E-state index contributed by atoms with van der Waals surface area (Å²) in [5.41, 5.74) is 0. The molecule has 0 aromatic heterocycles. The zero-order valence-electron chi connectivity index (χ0n) is 11.8. The molecular formula is C13H17N3O5S. The molecule has 0 bridgehead atoms. The van der Waals surface area contributed by atoms with Gasteiger partial charge >= 0.3 is 0 Å². The monoisotopic (exact) mass is 327 g/mol. The Morgan fingerprint density at radius 3 is 2.41 bits per heavy atom. The van der Waals surface area contributed by atoms with Gasteiger partial charge in [0.1, 0.15) is 6.61 Å². The Kier molecular flexibility index (Phi) is 3.94. The summed E-state index contributed by atoms with van der Waals surface area (Å²) in [4.78, 5) is 14.0. The first-order chi connectivity index (χ1) is 10.4. The average Bonchev–Trinajstić information content (AvgIpc) is 2.53. The predicted molar refractivity (Wildman–Crippen MR) is 77.6 cm³/mol. The van der Waals surface area contributed by atoms with Crippen LogP contribution in [0.25, 0.3) is 0 Å². The summed E-state index contributed by atoms with van der Waals surface area (Å²) in [5, 5.41) is 5.08. The summed E-state index contributed by atoms with van der Waals surface area (Å²) in [5.74, 6) is 0.949. The van der Waals surface area contributed by atoms with Crippen LogP contribution in [0.2, 0.25) is 0 Å². The highest BCUT2D eigenvalue weighted by molar-refractivity contribution is 7.86. The van der Waals surface area contributed by atoms with E-state index >= 15 is 0 Å². The fraction of sp³-hybridized carbons (Fsp3) is 0.462. The number of para-hydroxylation sites is 2. The average molecular weight is 327 g/mol. The minimum Gasteiger partial charge on any atom is -0.485 e. The van der Waals surface area contributed by atoms with Gasteiger partial charge < -0.3 is 14.4 Å². The minimum absolute atomic E-state index is 0.144. The summed E-state index contributed by atoms with van der Waals surface area (Å²) in [6, 6.07) is 7.16. The number of benzene rings is 1. The van der Waals surface area contributed by atoms with Crippen LogP contribution in [0.15, 0.2) is 24.3 Å². The van der Waals surface area contributed by atoms with Crippen molar-refractivity contribution in [2.24, 2.45) is 5.14 Å². The number of hydrogen-bond acceptors (Lipinski definition) is 5. The quantitative estimate of drug-likeness (QED) is 0.764. The van der Waals surface area contributed by atoms with Crippen molar-refractivity contribution >= 4 is 16.1 Å². The predicted octanol–water partition coefficient (Wildman–Crippen LogP) is -0.826. The van der Waals surface area contributed by atoms with Crippen LogP contribution in [0.1, 0.15) is 0 Å². The summed E-state index contributed by atoms with van der Waals surface area (Å²) in [6.07, 6.45) is -0.712. The normalized spacial score (nSPS) is 22.4. The van der Waals surface area contributed by atoms with Crippen molar-refractivity contribution in [3.63, 3.8) is 0 Å². The van der Waals surface area contributed by atoms with Crippen LogP contribution in [-0.4, -0.2) is 62.4 Å². The molecular weight excluding hydrogens is 310 g/mol. The fourth-order valence-electron chi connectivity index (χ4n) is 2.51. The van der Waals surface area contributed by atoms with Crippen LogP contribution in [-0.2, 0) is 15.0 Å². The minimum atomic E-state index is -3.70. The molecule has 1 atom stereocenters. The van der Waals surface area contributed by atoms with E-state index < -0.39 is 16.3 Å². The summed E-state index contributed by atoms with van der Waals surface area (Å²) >= 11 is 0. The number of amides is 1. The lowest BCUT2D eigenvalue weighted by Gasteiger charge is -2.35. The second kappa shape index (κ2) is 5.75. The van der Waals surface area contributed by atoms with E-state index in [0.717, 1.165) is 4.31 Å². The number of ether oxygens (including phenoxy) is 2. The van der Waals surface area contributed by atoms with Crippen LogP contribution in [0.3, 0.4) is 0 Å². The second-order valence-corrected chi connectivity index (χ2v) is 6.68. The lowest BCUT2D eigenvalue weighted by molar-refractivity contribution is -0.142. The molecule has 2 aliphatic heterocycles. The molecule has 9 heteroatoms. The van der Waals surface area contributed by atoms with Gasteiger partial charge in [-0.05, 0) is 12.1 Å². The van der Waals surface area contributed by atoms with Gasteiger partial charge in [-0.15, -0.1) is 0 Å². The molecule has 2 heterocycles. The first kappa shape index (κ1) is 15.1. The number of piperazine rings is 1. The van der Waals surface area contributed by atoms with Crippen molar-refractivity contribution in [1.29, 1.82) is 0 Å². The second-order valence-electron chi connectivity index (χ2n) is 5.13. The van der Waals surface area contributed by atoms with Crippen LogP contribution in [0.5, 0.6) is 11.5 Å². The molecule has 1 aromatic carbocycles. The van der Waals surface area contributed by atoms with E-state index in [1.54, 1.807) is 23.1 Å². The van der Waals surface area contributed by atoms with Gasteiger partial charge in [-0.25, -0.2) is 5.14 Å². The molecule has 22 heavy (non-hydrogen) atoms. The van der Waals surface area contributed by atoms with Gasteiger partial charge in [-0.2, -0.15) is 12.7 Å². The Bertz CT molecular complexity index is 670. The van der Waals surface area contributed by atoms with Crippen LogP contribution in [0, 0.1) is 0 Å². The highest BCUT2D eigenvalue weighted by atomic mass is 32.2. The first-order valence-corrected chi connectivity index (χ1v) is 8.40. The number of fused-ring (bicyclic) bond motifs is 1. The third kappa shape index (κ3) is 3.01. The molecule has 1 amide bonds. The van der Waals surface area contributed by atoms with Crippen molar-refractivity contribution in [2.75, 3.05) is 32.8 Å². The molecule has 0 radical (unpaired) electrons. The number of carbonyl (C=O) groups excluding carboxylic acids is 1. The SMILES string of the molecule is NS(=O)(=O)N1CCN(C(=O)C2COc3ccccc3O2)CC1. The molecule has 0 aliphatic carbocycles. The van der Waals surface area contributed by atoms with Gasteiger partial charge in [0.15, 0.2) is 11.5 Å². The summed E-state index contributed by atoms with van der Waals surface area (Å²) < 4.78 is 34.9. The van der Waals surface area contributed by atoms with Crippen molar-refractivity contribution in [2.45, 2.75) is 6.10 Å². The molecule has 120 valence electrons. The number of nitrogens with zero attached hydrogens (tertiary/aromatic N) is 2. The maximum Gasteiger partial charge on any atom is 0.277 e. The van der Waals surface area contributed by atoms with E-state index in [1.807, 2.05) is 6.07 Å². The Morgan fingerprint density at radius 2 is 1.77 bits per heavy atom. The smallest absolute Gasteiger partial charge is 0.277 e. The first-order valence-electron chi connectivity index (χ1n) is 6.90. The Labute approximate surface area is 128 Å². The standard InChI is InChI=1S/C13H17N3O5S/c14-22(18,19)16-7-5-15(6-8-16)13(17)12-9-20-10-3-1-2-4-11(10)21-12/h1-4,12H,5-9H2,(H2,14,18,19). The van der Waals surface area contributed by atoms with Crippen LogP contribution >= 0.6 is 0 Å². The molecule has 1 fully saturated rings. The van der Waals surface area contributed by atoms with Gasteiger partial charge in [0.25, 0.3) is 16.1 Å². The Balaban J connectivity index is 1.62. The van der Waals surface area contributed by atoms with E-state index in [9.17, 15) is 13.2 Å². The van der Waals surface area contributed by atoms with Crippen molar-refractivity contribution in [1.82, 2.24) is 9.21 Å². The highest BCUT2D eigenvalue weighted by Gasteiger charge is 2.34. The molecule has 2 N–H and O–H groups in total. The lowest BCUT2D eigenvalue weighted by atomic mass is 10.2. The van der Waals surface area contributed by atoms with E-state index in [4.69, 9.17) is 14.6 Å². The van der Waals surface area contributed by atoms with Gasteiger partial charge in [-0.1, -0.05) is 12.1 Å². The van der Waals surface area contributed by atoms with Gasteiger partial charge in [0, 0.05) is 26.2 Å². The fourth-order valence-corrected chi connectivity index (χ4v) is 3.18. The Morgan fingerprint density at radius 1 is 1.14 bits per heavy atom. The van der Waals surface area contributed by atoms with Gasteiger partial charge in [0.05, 0.1) is 0 Å². The van der Waals surface area contributed by atoms with Crippen molar-refractivity contribution < 1.29 is 22.7 Å². The highest BCUT2D eigenvalue weighted by Crippen LogP contribution is 2.31. The molecule has 0 saturated carbocycles. The maximum atomic E-state index is 12.4. The number of rotatable bonds is 2. The number of nitrogens with two attached hydrogens (primary N) is 1. The summed E-state index contributed by atoms with van der Waals surface area (Å²) in [7, 11) is -3.70. The molecule has 1 saturated heterocycles. The zero-order chi connectivity index (χ0) is 15.7. The van der Waals surface area contributed by atoms with Crippen molar-refractivity contribution in [3.05, 3.63) is 24.3 Å². The number of hydrogen-bond donors (Lipinski definition) is 1. The zero-order valence-corrected chi connectivity index (χ0v) is 12.7. The van der Waals surface area contributed by atoms with Gasteiger partial charge in [-0.3, -0.25) is 4.79 Å². The van der Waals surface area contributed by atoms with Crippen LogP contribution in [0.4, 0.5) is 0 Å². The lowest BCUT2D eigenvalue weighted by Crippen LogP contribution is -2.56. The molecule has 1 unspecified atom stereocenters. The molecule has 1 aromatic rings. The van der Waals surface area contributed by atoms with Crippen molar-refractivity contribution in [3.8, 4) is 11.5 Å². The third-order valence-corrected chi connectivity index (χ3v) is 4.78. The van der Waals surface area contributed by atoms with Gasteiger partial charge in [0.2, 0.25) is 6.10 Å². The summed E-state index contributed by atoms with van der Waals surface area (Å²) in [6.45, 7) is 1.10. The Hall–Kier alpha value is -1.84. The largest absolute Gasteiger partial charge is 0.485 e. The third-order valence-electron chi connectivity index (χ3n) is 3.69. The van der Waals surface area contributed by atoms with E-state index in [0.29, 0.717) is 11.5 Å². The van der Waals surface area contributed by atoms with E-state index in [2.05, 4.69) is 0 Å². The molecule has 2 aliphatic rings. The maximum absolute atomic E-state index is 12.4. The van der Waals surface area contributed by atoms with E-state index in [-0.39, 0.29) is 38.7 Å². The molecule has 8 nitrogen and oxygen atoms in total. The van der Waals surface area contributed by atoms with Crippen LogP contribution < -0.4 is 14.6 Å². The molecule has 0 spiro atoms. The van der Waals surface area contributed by atoms with E-state index in [1.165, 1.54) is 0 Å². The number of carbonyl (C=O) groups is 1. The molecule has 3 rings (SSSR count).